The summed E-state index contributed by atoms with van der Waals surface area (Å²) in [5, 5.41) is 8.63. The molecule has 0 bridgehead atoms. The first-order chi connectivity index (χ1) is 7.80. The zero-order chi connectivity index (χ0) is 13.1. The average Bonchev–Trinajstić information content (AvgIpc) is 2.11. The summed E-state index contributed by atoms with van der Waals surface area (Å²) in [5.41, 5.74) is 4.87. The third-order valence-corrected chi connectivity index (χ3v) is 4.32. The minimum Gasteiger partial charge on any atom is -0.481 e. The zero-order valence-corrected chi connectivity index (χ0v) is 10.1. The summed E-state index contributed by atoms with van der Waals surface area (Å²) in [7, 11) is -3.28. The van der Waals surface area contributed by atoms with Crippen LogP contribution in [0.15, 0.2) is 0 Å². The number of nitrogens with zero attached hydrogens (tertiary/aromatic N) is 1. The topological polar surface area (TPSA) is 118 Å². The maximum absolute atomic E-state index is 11.4. The molecule has 1 aliphatic heterocycles. The van der Waals surface area contributed by atoms with Crippen LogP contribution in [0, 0.1) is 5.92 Å². The van der Waals surface area contributed by atoms with Crippen molar-refractivity contribution in [1.82, 2.24) is 4.90 Å². The van der Waals surface area contributed by atoms with Gasteiger partial charge in [-0.25, -0.2) is 8.42 Å². The molecule has 0 aliphatic carbocycles. The summed E-state index contributed by atoms with van der Waals surface area (Å²) >= 11 is 0. The maximum Gasteiger partial charge on any atom is 0.309 e. The quantitative estimate of drug-likeness (QED) is 0.565. The number of carboxylic acid groups (broad SMARTS) is 1. The summed E-state index contributed by atoms with van der Waals surface area (Å²) in [6, 6.07) is 0. The van der Waals surface area contributed by atoms with Crippen LogP contribution in [0.3, 0.4) is 0 Å². The first-order valence-corrected chi connectivity index (χ1v) is 7.06. The summed E-state index contributed by atoms with van der Waals surface area (Å²) in [6.07, 6.45) is -0.167. The minimum absolute atomic E-state index is 0.0629. The molecule has 1 amide bonds. The van der Waals surface area contributed by atoms with E-state index >= 15 is 0 Å². The number of carbonyl (C=O) groups excluding carboxylic acids is 1. The zero-order valence-electron chi connectivity index (χ0n) is 9.33. The summed E-state index contributed by atoms with van der Waals surface area (Å²) in [4.78, 5) is 22.7. The number of hydrogen-bond donors (Lipinski definition) is 2. The molecule has 1 saturated heterocycles. The number of amides is 1. The molecule has 98 valence electrons. The van der Waals surface area contributed by atoms with E-state index in [0.29, 0.717) is 19.6 Å². The van der Waals surface area contributed by atoms with Gasteiger partial charge in [-0.2, -0.15) is 0 Å². The van der Waals surface area contributed by atoms with Crippen molar-refractivity contribution in [2.75, 3.05) is 31.1 Å². The van der Waals surface area contributed by atoms with Crippen molar-refractivity contribution in [2.24, 2.45) is 11.7 Å². The Balaban J connectivity index is 2.23. The van der Waals surface area contributed by atoms with Gasteiger partial charge in [0.25, 0.3) is 0 Å². The van der Waals surface area contributed by atoms with Crippen molar-refractivity contribution in [3.05, 3.63) is 0 Å². The van der Waals surface area contributed by atoms with Gasteiger partial charge in [-0.3, -0.25) is 9.59 Å². The number of hydrogen-bond acceptors (Lipinski definition) is 5. The highest BCUT2D eigenvalue weighted by molar-refractivity contribution is 7.91. The summed E-state index contributed by atoms with van der Waals surface area (Å²) in [6.45, 7) is 1.09. The number of rotatable bonds is 7. The molecule has 1 fully saturated rings. The number of carboxylic acids is 1. The molecular weight excluding hydrogens is 248 g/mol. The van der Waals surface area contributed by atoms with Crippen LogP contribution in [0.25, 0.3) is 0 Å². The number of carbonyl (C=O) groups is 2. The number of primary amides is 1. The van der Waals surface area contributed by atoms with Gasteiger partial charge in [0.1, 0.15) is 0 Å². The Hall–Kier alpha value is -1.15. The Labute approximate surface area is 99.5 Å². The van der Waals surface area contributed by atoms with Crippen LogP contribution in [-0.4, -0.2) is 61.4 Å². The lowest BCUT2D eigenvalue weighted by Crippen LogP contribution is -2.51. The van der Waals surface area contributed by atoms with Gasteiger partial charge in [0.05, 0.1) is 17.4 Å². The van der Waals surface area contributed by atoms with Crippen LogP contribution in [0.1, 0.15) is 6.42 Å². The van der Waals surface area contributed by atoms with Gasteiger partial charge in [0.15, 0.2) is 9.84 Å². The van der Waals surface area contributed by atoms with E-state index in [9.17, 15) is 18.0 Å². The predicted molar refractivity (Wildman–Crippen MR) is 60.0 cm³/mol. The van der Waals surface area contributed by atoms with Crippen molar-refractivity contribution < 1.29 is 23.1 Å². The van der Waals surface area contributed by atoms with E-state index in [1.807, 2.05) is 0 Å². The minimum atomic E-state index is -3.28. The van der Waals surface area contributed by atoms with Crippen LogP contribution in [0.5, 0.6) is 0 Å². The lowest BCUT2D eigenvalue weighted by atomic mass is 10.0. The van der Waals surface area contributed by atoms with E-state index in [1.54, 1.807) is 4.90 Å². The number of sulfone groups is 1. The van der Waals surface area contributed by atoms with Gasteiger partial charge in [-0.05, 0) is 0 Å². The van der Waals surface area contributed by atoms with Gasteiger partial charge in [0.2, 0.25) is 5.91 Å². The third-order valence-electron chi connectivity index (χ3n) is 2.68. The molecule has 1 aliphatic rings. The van der Waals surface area contributed by atoms with Gasteiger partial charge < -0.3 is 15.7 Å². The average molecular weight is 264 g/mol. The summed E-state index contributed by atoms with van der Waals surface area (Å²) < 4.78 is 22.9. The molecule has 0 atom stereocenters. The lowest BCUT2D eigenvalue weighted by molar-refractivity contribution is -0.147. The number of nitrogens with two attached hydrogens (primary N) is 1. The largest absolute Gasteiger partial charge is 0.481 e. The molecule has 3 N–H and O–H groups in total. The SMILES string of the molecule is NC(=O)CCS(=O)(=O)CCN1CC(C(=O)O)C1. The van der Waals surface area contributed by atoms with Gasteiger partial charge in [-0.1, -0.05) is 0 Å². The van der Waals surface area contributed by atoms with Crippen LogP contribution in [-0.2, 0) is 19.4 Å². The van der Waals surface area contributed by atoms with Crippen molar-refractivity contribution in [1.29, 1.82) is 0 Å². The molecule has 1 heterocycles. The molecule has 0 saturated carbocycles. The van der Waals surface area contributed by atoms with Crippen molar-refractivity contribution in [3.63, 3.8) is 0 Å². The monoisotopic (exact) mass is 264 g/mol. The highest BCUT2D eigenvalue weighted by Crippen LogP contribution is 2.15. The van der Waals surface area contributed by atoms with E-state index in [1.165, 1.54) is 0 Å². The second-order valence-electron chi connectivity index (χ2n) is 4.16. The fourth-order valence-electron chi connectivity index (χ4n) is 1.53. The van der Waals surface area contributed by atoms with E-state index in [0.717, 1.165) is 0 Å². The van der Waals surface area contributed by atoms with E-state index in [-0.39, 0.29) is 23.8 Å². The molecule has 0 unspecified atom stereocenters. The van der Waals surface area contributed by atoms with Crippen LogP contribution < -0.4 is 5.73 Å². The second kappa shape index (κ2) is 5.46. The fraction of sp³-hybridized carbons (Fsp3) is 0.778. The van der Waals surface area contributed by atoms with E-state index in [4.69, 9.17) is 10.8 Å². The van der Waals surface area contributed by atoms with E-state index < -0.39 is 21.7 Å². The molecule has 0 aromatic carbocycles. The molecule has 1 rings (SSSR count). The van der Waals surface area contributed by atoms with Gasteiger partial charge >= 0.3 is 5.97 Å². The first kappa shape index (κ1) is 13.9. The molecule has 0 spiro atoms. The number of likely N-dealkylation sites (tertiary alicyclic amines) is 1. The number of aliphatic carboxylic acids is 1. The van der Waals surface area contributed by atoms with E-state index in [2.05, 4.69) is 0 Å². The molecule has 0 radical (unpaired) electrons. The molecule has 0 aromatic heterocycles. The standard InChI is InChI=1S/C9H16N2O5S/c10-8(12)1-3-17(15,16)4-2-11-5-7(6-11)9(13)14/h7H,1-6H2,(H2,10,12)(H,13,14). The molecule has 8 heteroatoms. The van der Waals surface area contributed by atoms with Crippen LogP contribution >= 0.6 is 0 Å². The Morgan fingerprint density at radius 1 is 1.29 bits per heavy atom. The smallest absolute Gasteiger partial charge is 0.309 e. The highest BCUT2D eigenvalue weighted by atomic mass is 32.2. The molecule has 17 heavy (non-hydrogen) atoms. The maximum atomic E-state index is 11.4. The Morgan fingerprint density at radius 3 is 2.35 bits per heavy atom. The Morgan fingerprint density at radius 2 is 1.88 bits per heavy atom. The fourth-order valence-corrected chi connectivity index (χ4v) is 2.79. The Bertz CT molecular complexity index is 400. The van der Waals surface area contributed by atoms with Crippen molar-refractivity contribution in [2.45, 2.75) is 6.42 Å². The van der Waals surface area contributed by atoms with Gasteiger partial charge in [-0.15, -0.1) is 0 Å². The van der Waals surface area contributed by atoms with Crippen molar-refractivity contribution >= 4 is 21.7 Å². The predicted octanol–water partition coefficient (Wildman–Crippen LogP) is -1.71. The lowest BCUT2D eigenvalue weighted by Gasteiger charge is -2.36. The normalized spacial score (nSPS) is 17.6. The van der Waals surface area contributed by atoms with Crippen LogP contribution in [0.2, 0.25) is 0 Å². The van der Waals surface area contributed by atoms with Gasteiger partial charge in [0, 0.05) is 26.1 Å². The summed E-state index contributed by atoms with van der Waals surface area (Å²) in [5.74, 6) is -2.17. The molecule has 0 aromatic rings. The highest BCUT2D eigenvalue weighted by Gasteiger charge is 2.32. The molecular formula is C9H16N2O5S. The third kappa shape index (κ3) is 4.70. The Kier molecular flexibility index (Phi) is 4.47. The second-order valence-corrected chi connectivity index (χ2v) is 6.47. The first-order valence-electron chi connectivity index (χ1n) is 5.24. The molecule has 7 nitrogen and oxygen atoms in total. The van der Waals surface area contributed by atoms with Crippen molar-refractivity contribution in [3.8, 4) is 0 Å². The van der Waals surface area contributed by atoms with Crippen LogP contribution in [0.4, 0.5) is 0 Å².